The van der Waals surface area contributed by atoms with Crippen LogP contribution in [0.15, 0.2) is 24.4 Å². The van der Waals surface area contributed by atoms with Crippen LogP contribution in [-0.2, 0) is 0 Å². The van der Waals surface area contributed by atoms with E-state index >= 15 is 0 Å². The summed E-state index contributed by atoms with van der Waals surface area (Å²) in [6.45, 7) is 1.84. The highest BCUT2D eigenvalue weighted by Gasteiger charge is 2.21. The van der Waals surface area contributed by atoms with Gasteiger partial charge in [0.05, 0.1) is 11.7 Å². The molecule has 1 aliphatic rings. The Hall–Kier alpha value is -1.88. The summed E-state index contributed by atoms with van der Waals surface area (Å²) in [4.78, 5) is 14.4. The minimum Gasteiger partial charge on any atom is -0.350 e. The minimum atomic E-state index is -0.0169. The lowest BCUT2D eigenvalue weighted by Gasteiger charge is -2.19. The van der Waals surface area contributed by atoms with E-state index in [1.165, 1.54) is 6.42 Å². The Morgan fingerprint density at radius 3 is 3.26 bits per heavy atom. The average Bonchev–Trinajstić information content (AvgIpc) is 3.03. The molecule has 1 aromatic heterocycles. The third-order valence-electron chi connectivity index (χ3n) is 3.87. The van der Waals surface area contributed by atoms with Gasteiger partial charge >= 0.3 is 0 Å². The summed E-state index contributed by atoms with van der Waals surface area (Å²) in [5.41, 5.74) is 1.57. The first-order valence-electron chi connectivity index (χ1n) is 6.65. The van der Waals surface area contributed by atoms with Crippen molar-refractivity contribution in [2.45, 2.75) is 18.9 Å². The molecule has 1 atom stereocenters. The number of H-pyrrole nitrogens is 1. The maximum atomic E-state index is 12.1. The number of benzene rings is 1. The van der Waals surface area contributed by atoms with Gasteiger partial charge in [-0.1, -0.05) is 6.07 Å². The fourth-order valence-corrected chi connectivity index (χ4v) is 2.63. The van der Waals surface area contributed by atoms with Crippen LogP contribution < -0.4 is 5.32 Å². The lowest BCUT2D eigenvalue weighted by atomic mass is 10.1. The van der Waals surface area contributed by atoms with Crippen molar-refractivity contribution in [1.82, 2.24) is 20.4 Å². The van der Waals surface area contributed by atoms with E-state index in [0.29, 0.717) is 11.6 Å². The SMILES string of the molecule is CN1CCCC1CNC(=O)c1ccc2cn[nH]c2c1. The lowest BCUT2D eigenvalue weighted by molar-refractivity contribution is 0.0944. The van der Waals surface area contributed by atoms with Crippen LogP contribution in [0.5, 0.6) is 0 Å². The molecule has 1 unspecified atom stereocenters. The van der Waals surface area contributed by atoms with Crippen LogP contribution in [0.4, 0.5) is 0 Å². The molecule has 2 heterocycles. The number of likely N-dealkylation sites (N-methyl/N-ethyl adjacent to an activating group) is 1. The molecule has 1 amide bonds. The second-order valence-electron chi connectivity index (χ2n) is 5.16. The molecular weight excluding hydrogens is 240 g/mol. The van der Waals surface area contributed by atoms with Gasteiger partial charge in [0.2, 0.25) is 0 Å². The molecule has 0 spiro atoms. The summed E-state index contributed by atoms with van der Waals surface area (Å²) in [7, 11) is 2.11. The van der Waals surface area contributed by atoms with Crippen molar-refractivity contribution in [1.29, 1.82) is 0 Å². The molecule has 0 aliphatic carbocycles. The lowest BCUT2D eigenvalue weighted by Crippen LogP contribution is -2.38. The highest BCUT2D eigenvalue weighted by molar-refractivity contribution is 5.97. The van der Waals surface area contributed by atoms with Crippen molar-refractivity contribution in [3.63, 3.8) is 0 Å². The van der Waals surface area contributed by atoms with E-state index in [4.69, 9.17) is 0 Å². The van der Waals surface area contributed by atoms with Gasteiger partial charge in [0.1, 0.15) is 0 Å². The van der Waals surface area contributed by atoms with Gasteiger partial charge in [-0.25, -0.2) is 0 Å². The zero-order chi connectivity index (χ0) is 13.2. The Bertz CT molecular complexity index is 592. The van der Waals surface area contributed by atoms with E-state index in [-0.39, 0.29) is 5.91 Å². The van der Waals surface area contributed by atoms with E-state index in [1.807, 2.05) is 18.2 Å². The third kappa shape index (κ3) is 2.46. The van der Waals surface area contributed by atoms with Crippen LogP contribution in [0.3, 0.4) is 0 Å². The molecule has 0 bridgehead atoms. The van der Waals surface area contributed by atoms with Crippen molar-refractivity contribution in [3.8, 4) is 0 Å². The van der Waals surface area contributed by atoms with Crippen molar-refractivity contribution in [2.24, 2.45) is 0 Å². The van der Waals surface area contributed by atoms with E-state index in [0.717, 1.165) is 30.4 Å². The van der Waals surface area contributed by atoms with E-state index in [1.54, 1.807) is 6.20 Å². The number of rotatable bonds is 3. The van der Waals surface area contributed by atoms with Crippen LogP contribution in [0.2, 0.25) is 0 Å². The van der Waals surface area contributed by atoms with Gasteiger partial charge in [-0.3, -0.25) is 9.89 Å². The van der Waals surface area contributed by atoms with Crippen molar-refractivity contribution in [2.75, 3.05) is 20.1 Å². The molecule has 2 aromatic rings. The highest BCUT2D eigenvalue weighted by Crippen LogP contribution is 2.15. The molecule has 1 fully saturated rings. The van der Waals surface area contributed by atoms with Gasteiger partial charge in [-0.2, -0.15) is 5.10 Å². The highest BCUT2D eigenvalue weighted by atomic mass is 16.1. The molecule has 19 heavy (non-hydrogen) atoms. The zero-order valence-corrected chi connectivity index (χ0v) is 11.0. The van der Waals surface area contributed by atoms with Crippen LogP contribution in [0, 0.1) is 0 Å². The number of fused-ring (bicyclic) bond motifs is 1. The number of hydrogen-bond acceptors (Lipinski definition) is 3. The molecule has 3 rings (SSSR count). The molecule has 0 saturated carbocycles. The zero-order valence-electron chi connectivity index (χ0n) is 11.0. The molecule has 0 radical (unpaired) electrons. The minimum absolute atomic E-state index is 0.0169. The predicted molar refractivity (Wildman–Crippen MR) is 74.1 cm³/mol. The molecule has 5 heteroatoms. The summed E-state index contributed by atoms with van der Waals surface area (Å²) >= 11 is 0. The van der Waals surface area contributed by atoms with Crippen LogP contribution in [0.25, 0.3) is 10.9 Å². The van der Waals surface area contributed by atoms with Gasteiger partial charge in [0.25, 0.3) is 5.91 Å². The molecule has 5 nitrogen and oxygen atoms in total. The van der Waals surface area contributed by atoms with Crippen LogP contribution >= 0.6 is 0 Å². The average molecular weight is 258 g/mol. The summed E-state index contributed by atoms with van der Waals surface area (Å²) in [6.07, 6.45) is 4.14. The van der Waals surface area contributed by atoms with Crippen molar-refractivity contribution in [3.05, 3.63) is 30.0 Å². The number of nitrogens with zero attached hydrogens (tertiary/aromatic N) is 2. The van der Waals surface area contributed by atoms with E-state index < -0.39 is 0 Å². The third-order valence-corrected chi connectivity index (χ3v) is 3.87. The van der Waals surface area contributed by atoms with Crippen LogP contribution in [-0.4, -0.2) is 47.2 Å². The fraction of sp³-hybridized carbons (Fsp3) is 0.429. The summed E-state index contributed by atoms with van der Waals surface area (Å²) < 4.78 is 0. The normalized spacial score (nSPS) is 19.9. The number of aromatic amines is 1. The molecular formula is C14H18N4O. The standard InChI is InChI=1S/C14H18N4O/c1-18-6-2-3-12(18)9-15-14(19)10-4-5-11-8-16-17-13(11)7-10/h4-5,7-8,12H,2-3,6,9H2,1H3,(H,15,19)(H,16,17). The topological polar surface area (TPSA) is 61.0 Å². The van der Waals surface area contributed by atoms with E-state index in [2.05, 4.69) is 27.5 Å². The maximum Gasteiger partial charge on any atom is 0.251 e. The smallest absolute Gasteiger partial charge is 0.251 e. The Labute approximate surface area is 112 Å². The quantitative estimate of drug-likeness (QED) is 0.874. The summed E-state index contributed by atoms with van der Waals surface area (Å²) in [5.74, 6) is -0.0169. The number of likely N-dealkylation sites (tertiary alicyclic amines) is 1. The van der Waals surface area contributed by atoms with Crippen molar-refractivity contribution >= 4 is 16.8 Å². The summed E-state index contributed by atoms with van der Waals surface area (Å²) in [6, 6.07) is 6.07. The predicted octanol–water partition coefficient (Wildman–Crippen LogP) is 1.39. The van der Waals surface area contributed by atoms with Gasteiger partial charge in [0, 0.05) is 23.5 Å². The Balaban J connectivity index is 1.66. The molecule has 2 N–H and O–H groups in total. The molecule has 100 valence electrons. The molecule has 1 aromatic carbocycles. The Kier molecular flexibility index (Phi) is 3.21. The number of carbonyl (C=O) groups excluding carboxylic acids is 1. The first-order chi connectivity index (χ1) is 9.24. The van der Waals surface area contributed by atoms with Crippen LogP contribution in [0.1, 0.15) is 23.2 Å². The molecule has 1 saturated heterocycles. The van der Waals surface area contributed by atoms with Gasteiger partial charge in [-0.05, 0) is 38.6 Å². The second kappa shape index (κ2) is 5.01. The Morgan fingerprint density at radius 2 is 2.47 bits per heavy atom. The maximum absolute atomic E-state index is 12.1. The first kappa shape index (κ1) is 12.2. The Morgan fingerprint density at radius 1 is 1.58 bits per heavy atom. The van der Waals surface area contributed by atoms with Gasteiger partial charge in [0.15, 0.2) is 0 Å². The number of aromatic nitrogens is 2. The van der Waals surface area contributed by atoms with Gasteiger partial charge in [-0.15, -0.1) is 0 Å². The molecule has 1 aliphatic heterocycles. The first-order valence-corrected chi connectivity index (χ1v) is 6.65. The number of carbonyl (C=O) groups is 1. The number of hydrogen-bond donors (Lipinski definition) is 2. The van der Waals surface area contributed by atoms with Gasteiger partial charge < -0.3 is 10.2 Å². The van der Waals surface area contributed by atoms with E-state index in [9.17, 15) is 4.79 Å². The number of amides is 1. The van der Waals surface area contributed by atoms with Crippen molar-refractivity contribution < 1.29 is 4.79 Å². The number of nitrogens with one attached hydrogen (secondary N) is 2. The largest absolute Gasteiger partial charge is 0.350 e. The fourth-order valence-electron chi connectivity index (χ4n) is 2.63. The second-order valence-corrected chi connectivity index (χ2v) is 5.16. The monoisotopic (exact) mass is 258 g/mol. The summed E-state index contributed by atoms with van der Waals surface area (Å²) in [5, 5.41) is 10.9.